The Morgan fingerprint density at radius 1 is 1.20 bits per heavy atom. The van der Waals surface area contributed by atoms with Crippen molar-refractivity contribution in [2.24, 2.45) is 0 Å². The summed E-state index contributed by atoms with van der Waals surface area (Å²) in [5.74, 6) is 0.791. The molecule has 104 valence electrons. The number of amides is 1. The summed E-state index contributed by atoms with van der Waals surface area (Å²) in [6.45, 7) is 0. The summed E-state index contributed by atoms with van der Waals surface area (Å²) in [5, 5.41) is 5.10. The number of thiophene rings is 1. The highest BCUT2D eigenvalue weighted by molar-refractivity contribution is 7.12. The van der Waals surface area contributed by atoms with E-state index in [9.17, 15) is 4.79 Å². The molecule has 1 aliphatic rings. The van der Waals surface area contributed by atoms with Gasteiger partial charge in [0, 0.05) is 5.69 Å². The highest BCUT2D eigenvalue weighted by Crippen LogP contribution is 2.30. The van der Waals surface area contributed by atoms with Crippen LogP contribution in [0.3, 0.4) is 0 Å². The predicted octanol–water partition coefficient (Wildman–Crippen LogP) is 3.89. The van der Waals surface area contributed by atoms with E-state index < -0.39 is 0 Å². The van der Waals surface area contributed by atoms with E-state index in [2.05, 4.69) is 10.7 Å². The second-order valence-electron chi connectivity index (χ2n) is 4.96. The zero-order valence-electron chi connectivity index (χ0n) is 11.4. The molecule has 20 heavy (non-hydrogen) atoms. The monoisotopic (exact) mass is 287 g/mol. The molecule has 0 radical (unpaired) electrons. The lowest BCUT2D eigenvalue weighted by atomic mass is 9.94. The molecule has 1 aromatic carbocycles. The van der Waals surface area contributed by atoms with Gasteiger partial charge >= 0.3 is 0 Å². The predicted molar refractivity (Wildman–Crippen MR) is 81.9 cm³/mol. The third kappa shape index (κ3) is 2.56. The summed E-state index contributed by atoms with van der Waals surface area (Å²) in [6, 6.07) is 7.41. The lowest BCUT2D eigenvalue weighted by molar-refractivity contribution is 0.102. The summed E-state index contributed by atoms with van der Waals surface area (Å²) >= 11 is 1.56. The SMILES string of the molecule is COc1ccc(NC(=O)c2scc3c2CCCC3)cc1. The molecule has 0 bridgehead atoms. The Morgan fingerprint density at radius 2 is 1.95 bits per heavy atom. The van der Waals surface area contributed by atoms with Crippen LogP contribution in [0.1, 0.15) is 33.6 Å². The maximum absolute atomic E-state index is 12.4. The van der Waals surface area contributed by atoms with E-state index in [4.69, 9.17) is 4.74 Å². The van der Waals surface area contributed by atoms with Crippen LogP contribution in [0, 0.1) is 0 Å². The van der Waals surface area contributed by atoms with Gasteiger partial charge in [-0.25, -0.2) is 0 Å². The summed E-state index contributed by atoms with van der Waals surface area (Å²) in [7, 11) is 1.63. The number of hydrogen-bond donors (Lipinski definition) is 1. The van der Waals surface area contributed by atoms with E-state index in [1.165, 1.54) is 24.0 Å². The molecule has 0 saturated heterocycles. The fourth-order valence-corrected chi connectivity index (χ4v) is 3.63. The summed E-state index contributed by atoms with van der Waals surface area (Å²) in [5.41, 5.74) is 3.42. The molecule has 1 heterocycles. The average molecular weight is 287 g/mol. The van der Waals surface area contributed by atoms with Crippen molar-refractivity contribution in [3.05, 3.63) is 45.6 Å². The molecule has 0 saturated carbocycles. The number of nitrogens with one attached hydrogen (secondary N) is 1. The second kappa shape index (κ2) is 5.67. The van der Waals surface area contributed by atoms with Crippen LogP contribution in [0.2, 0.25) is 0 Å². The molecule has 0 fully saturated rings. The first-order valence-electron chi connectivity index (χ1n) is 6.82. The van der Waals surface area contributed by atoms with Crippen molar-refractivity contribution in [3.8, 4) is 5.75 Å². The van der Waals surface area contributed by atoms with E-state index in [0.29, 0.717) is 0 Å². The third-order valence-corrected chi connectivity index (χ3v) is 4.73. The number of aryl methyl sites for hydroxylation is 1. The molecule has 1 amide bonds. The first-order chi connectivity index (χ1) is 9.78. The highest BCUT2D eigenvalue weighted by Gasteiger charge is 2.20. The molecule has 2 aromatic rings. The molecular weight excluding hydrogens is 270 g/mol. The summed E-state index contributed by atoms with van der Waals surface area (Å²) in [4.78, 5) is 13.2. The maximum atomic E-state index is 12.4. The van der Waals surface area contributed by atoms with Gasteiger partial charge in [-0.05, 0) is 66.5 Å². The van der Waals surface area contributed by atoms with Gasteiger partial charge in [-0.2, -0.15) is 0 Å². The second-order valence-corrected chi connectivity index (χ2v) is 5.84. The molecule has 0 spiro atoms. The molecule has 4 heteroatoms. The van der Waals surface area contributed by atoms with Gasteiger partial charge in [0.25, 0.3) is 5.91 Å². The Labute approximate surface area is 122 Å². The highest BCUT2D eigenvalue weighted by atomic mass is 32.1. The van der Waals surface area contributed by atoms with Crippen LogP contribution in [0.4, 0.5) is 5.69 Å². The van der Waals surface area contributed by atoms with Crippen LogP contribution < -0.4 is 10.1 Å². The Kier molecular flexibility index (Phi) is 3.74. The fraction of sp³-hybridized carbons (Fsp3) is 0.312. The fourth-order valence-electron chi connectivity index (χ4n) is 2.57. The number of rotatable bonds is 3. The van der Waals surface area contributed by atoms with Gasteiger partial charge in [-0.3, -0.25) is 4.79 Å². The number of benzene rings is 1. The molecule has 1 aromatic heterocycles. The minimum absolute atomic E-state index is 0.00307. The number of carbonyl (C=O) groups excluding carboxylic acids is 1. The van der Waals surface area contributed by atoms with Crippen LogP contribution in [0.15, 0.2) is 29.6 Å². The van der Waals surface area contributed by atoms with Crippen LogP contribution in [-0.2, 0) is 12.8 Å². The molecular formula is C16H17NO2S. The minimum atomic E-state index is 0.00307. The third-order valence-electron chi connectivity index (χ3n) is 3.66. The lowest BCUT2D eigenvalue weighted by Gasteiger charge is -2.13. The Morgan fingerprint density at radius 3 is 2.70 bits per heavy atom. The lowest BCUT2D eigenvalue weighted by Crippen LogP contribution is -2.13. The van der Waals surface area contributed by atoms with Crippen molar-refractivity contribution in [2.75, 3.05) is 12.4 Å². The molecule has 0 atom stereocenters. The zero-order chi connectivity index (χ0) is 13.9. The van der Waals surface area contributed by atoms with Crippen LogP contribution in [-0.4, -0.2) is 13.0 Å². The number of hydrogen-bond acceptors (Lipinski definition) is 3. The Hall–Kier alpha value is -1.81. The largest absolute Gasteiger partial charge is 0.497 e. The van der Waals surface area contributed by atoms with Crippen molar-refractivity contribution in [1.29, 1.82) is 0 Å². The minimum Gasteiger partial charge on any atom is -0.497 e. The zero-order valence-corrected chi connectivity index (χ0v) is 12.3. The van der Waals surface area contributed by atoms with E-state index in [0.717, 1.165) is 29.2 Å². The molecule has 3 nitrogen and oxygen atoms in total. The van der Waals surface area contributed by atoms with Gasteiger partial charge in [0.2, 0.25) is 0 Å². The van der Waals surface area contributed by atoms with Crippen LogP contribution in [0.25, 0.3) is 0 Å². The first kappa shape index (κ1) is 13.2. The number of carbonyl (C=O) groups is 1. The van der Waals surface area contributed by atoms with E-state index in [1.54, 1.807) is 18.4 Å². The van der Waals surface area contributed by atoms with Gasteiger partial charge < -0.3 is 10.1 Å². The normalized spacial score (nSPS) is 13.7. The van der Waals surface area contributed by atoms with Gasteiger partial charge in [0.15, 0.2) is 0 Å². The van der Waals surface area contributed by atoms with Crippen LogP contribution in [0.5, 0.6) is 5.75 Å². The Balaban J connectivity index is 1.77. The molecule has 0 unspecified atom stereocenters. The Bertz CT molecular complexity index is 616. The van der Waals surface area contributed by atoms with E-state index >= 15 is 0 Å². The van der Waals surface area contributed by atoms with Crippen molar-refractivity contribution in [2.45, 2.75) is 25.7 Å². The van der Waals surface area contributed by atoms with Crippen molar-refractivity contribution in [3.63, 3.8) is 0 Å². The van der Waals surface area contributed by atoms with Gasteiger partial charge in [0.1, 0.15) is 5.75 Å². The molecule has 3 rings (SSSR count). The average Bonchev–Trinajstić information content (AvgIpc) is 2.92. The first-order valence-corrected chi connectivity index (χ1v) is 7.70. The van der Waals surface area contributed by atoms with Crippen molar-refractivity contribution in [1.82, 2.24) is 0 Å². The quantitative estimate of drug-likeness (QED) is 0.930. The maximum Gasteiger partial charge on any atom is 0.266 e. The van der Waals surface area contributed by atoms with Crippen molar-refractivity contribution < 1.29 is 9.53 Å². The summed E-state index contributed by atoms with van der Waals surface area (Å²) < 4.78 is 5.11. The van der Waals surface area contributed by atoms with Gasteiger partial charge in [0.05, 0.1) is 12.0 Å². The molecule has 0 aliphatic heterocycles. The number of ether oxygens (including phenoxy) is 1. The van der Waals surface area contributed by atoms with E-state index in [-0.39, 0.29) is 5.91 Å². The smallest absolute Gasteiger partial charge is 0.266 e. The molecule has 1 N–H and O–H groups in total. The number of methoxy groups -OCH3 is 1. The van der Waals surface area contributed by atoms with Gasteiger partial charge in [-0.1, -0.05) is 0 Å². The van der Waals surface area contributed by atoms with Crippen LogP contribution >= 0.6 is 11.3 Å². The van der Waals surface area contributed by atoms with E-state index in [1.807, 2.05) is 24.3 Å². The molecule has 1 aliphatic carbocycles. The number of fused-ring (bicyclic) bond motifs is 1. The number of anilines is 1. The summed E-state index contributed by atoms with van der Waals surface area (Å²) in [6.07, 6.45) is 4.57. The standard InChI is InChI=1S/C16H17NO2S/c1-19-13-8-6-12(7-9-13)17-16(18)15-14-5-3-2-4-11(14)10-20-15/h6-10H,2-5H2,1H3,(H,17,18). The van der Waals surface area contributed by atoms with Gasteiger partial charge in [-0.15, -0.1) is 11.3 Å². The van der Waals surface area contributed by atoms with Crippen molar-refractivity contribution >= 4 is 22.9 Å². The topological polar surface area (TPSA) is 38.3 Å².